The number of aromatic nitrogens is 2. The number of rotatable bonds is 6. The van der Waals surface area contributed by atoms with E-state index >= 15 is 0 Å². The fourth-order valence-corrected chi connectivity index (χ4v) is 3.95. The molecule has 1 aromatic rings. The Hall–Kier alpha value is -1.12. The van der Waals surface area contributed by atoms with Crippen LogP contribution in [0, 0.1) is 0 Å². The molecule has 7 nitrogen and oxygen atoms in total. The van der Waals surface area contributed by atoms with Crippen molar-refractivity contribution in [3.63, 3.8) is 0 Å². The second-order valence-corrected chi connectivity index (χ2v) is 6.70. The minimum atomic E-state index is -3.51. The first kappa shape index (κ1) is 15.3. The van der Waals surface area contributed by atoms with Crippen LogP contribution in [-0.2, 0) is 17.3 Å². The normalized spacial score (nSPS) is 21.0. The highest BCUT2D eigenvalue weighted by Gasteiger charge is 2.32. The van der Waals surface area contributed by atoms with Gasteiger partial charge in [-0.1, -0.05) is 13.3 Å². The van der Waals surface area contributed by atoms with E-state index < -0.39 is 10.2 Å². The third-order valence-electron chi connectivity index (χ3n) is 3.46. The average Bonchev–Trinajstić information content (AvgIpc) is 2.81. The van der Waals surface area contributed by atoms with E-state index in [1.807, 2.05) is 6.92 Å². The Kier molecular flexibility index (Phi) is 5.00. The van der Waals surface area contributed by atoms with Crippen molar-refractivity contribution in [1.82, 2.24) is 19.4 Å². The van der Waals surface area contributed by atoms with Gasteiger partial charge in [-0.15, -0.1) is 0 Å². The Bertz CT molecular complexity index is 528. The highest BCUT2D eigenvalue weighted by molar-refractivity contribution is 7.90. The molecule has 0 amide bonds. The maximum Gasteiger partial charge on any atom is 0.302 e. The molecule has 1 atom stereocenters. The standard InChI is InChI=1S/C12H23N5O2S/c1-3-13-9-12-6-4-5-7-17(12)20(18,19)15-11-8-14-16(2)10-11/h8,10,12-13,15H,3-7,9H2,1-2H3. The minimum Gasteiger partial charge on any atom is -0.315 e. The quantitative estimate of drug-likeness (QED) is 0.804. The number of hydrogen-bond acceptors (Lipinski definition) is 4. The molecule has 2 N–H and O–H groups in total. The van der Waals surface area contributed by atoms with Gasteiger partial charge >= 0.3 is 10.2 Å². The lowest BCUT2D eigenvalue weighted by Gasteiger charge is -2.34. The molecule has 0 radical (unpaired) electrons. The molecule has 0 spiro atoms. The first-order valence-corrected chi connectivity index (χ1v) is 8.46. The first-order chi connectivity index (χ1) is 9.53. The number of anilines is 1. The molecular weight excluding hydrogens is 278 g/mol. The molecule has 2 rings (SSSR count). The Morgan fingerprint density at radius 1 is 1.45 bits per heavy atom. The second kappa shape index (κ2) is 6.55. The van der Waals surface area contributed by atoms with E-state index in [1.54, 1.807) is 22.2 Å². The number of nitrogens with one attached hydrogen (secondary N) is 2. The van der Waals surface area contributed by atoms with Crippen LogP contribution in [0.1, 0.15) is 26.2 Å². The molecule has 114 valence electrons. The van der Waals surface area contributed by atoms with Gasteiger partial charge in [-0.3, -0.25) is 9.40 Å². The van der Waals surface area contributed by atoms with Gasteiger partial charge in [-0.05, 0) is 19.4 Å². The van der Waals surface area contributed by atoms with Crippen LogP contribution >= 0.6 is 0 Å². The van der Waals surface area contributed by atoms with Crippen LogP contribution in [0.5, 0.6) is 0 Å². The molecule has 1 saturated heterocycles. The molecule has 0 aliphatic carbocycles. The van der Waals surface area contributed by atoms with Gasteiger partial charge < -0.3 is 5.32 Å². The predicted octanol–water partition coefficient (Wildman–Crippen LogP) is 0.541. The summed E-state index contributed by atoms with van der Waals surface area (Å²) in [6.07, 6.45) is 6.06. The Labute approximate surface area is 120 Å². The maximum absolute atomic E-state index is 12.5. The molecule has 1 aromatic heterocycles. The largest absolute Gasteiger partial charge is 0.315 e. The molecule has 2 heterocycles. The van der Waals surface area contributed by atoms with Crippen LogP contribution in [0.4, 0.5) is 5.69 Å². The summed E-state index contributed by atoms with van der Waals surface area (Å²) in [4.78, 5) is 0. The van der Waals surface area contributed by atoms with Crippen LogP contribution < -0.4 is 10.0 Å². The first-order valence-electron chi connectivity index (χ1n) is 7.02. The fourth-order valence-electron chi connectivity index (χ4n) is 2.49. The van der Waals surface area contributed by atoms with Crippen molar-refractivity contribution < 1.29 is 8.42 Å². The van der Waals surface area contributed by atoms with Crippen LogP contribution in [0.25, 0.3) is 0 Å². The van der Waals surface area contributed by atoms with E-state index in [-0.39, 0.29) is 6.04 Å². The van der Waals surface area contributed by atoms with Gasteiger partial charge in [0.2, 0.25) is 0 Å². The van der Waals surface area contributed by atoms with Gasteiger partial charge in [0.05, 0.1) is 11.9 Å². The highest BCUT2D eigenvalue weighted by Crippen LogP contribution is 2.21. The van der Waals surface area contributed by atoms with Gasteiger partial charge in [-0.2, -0.15) is 17.8 Å². The molecule has 8 heteroatoms. The van der Waals surface area contributed by atoms with Crippen LogP contribution in [0.15, 0.2) is 12.4 Å². The zero-order chi connectivity index (χ0) is 14.6. The van der Waals surface area contributed by atoms with Gasteiger partial charge in [-0.25, -0.2) is 0 Å². The highest BCUT2D eigenvalue weighted by atomic mass is 32.2. The van der Waals surface area contributed by atoms with Gasteiger partial charge in [0, 0.05) is 32.4 Å². The zero-order valence-electron chi connectivity index (χ0n) is 12.0. The summed E-state index contributed by atoms with van der Waals surface area (Å²) in [5.41, 5.74) is 0.500. The summed E-state index contributed by atoms with van der Waals surface area (Å²) in [5.74, 6) is 0. The van der Waals surface area contributed by atoms with Crippen molar-refractivity contribution >= 4 is 15.9 Å². The third kappa shape index (κ3) is 3.71. The lowest BCUT2D eigenvalue weighted by atomic mass is 10.1. The van der Waals surface area contributed by atoms with Crippen LogP contribution in [-0.4, -0.2) is 48.2 Å². The molecule has 1 unspecified atom stereocenters. The van der Waals surface area contributed by atoms with Crippen molar-refractivity contribution in [2.75, 3.05) is 24.4 Å². The molecule has 0 bridgehead atoms. The van der Waals surface area contributed by atoms with Gasteiger partial charge in [0.15, 0.2) is 0 Å². The van der Waals surface area contributed by atoms with Crippen molar-refractivity contribution in [3.8, 4) is 0 Å². The van der Waals surface area contributed by atoms with Crippen molar-refractivity contribution in [2.24, 2.45) is 7.05 Å². The minimum absolute atomic E-state index is 0.0258. The van der Waals surface area contributed by atoms with E-state index in [2.05, 4.69) is 15.1 Å². The lowest BCUT2D eigenvalue weighted by Crippen LogP contribution is -2.50. The average molecular weight is 301 g/mol. The SMILES string of the molecule is CCNCC1CCCCN1S(=O)(=O)Nc1cnn(C)c1. The summed E-state index contributed by atoms with van der Waals surface area (Å²) < 4.78 is 30.7. The smallest absolute Gasteiger partial charge is 0.302 e. The van der Waals surface area contributed by atoms with E-state index in [4.69, 9.17) is 0 Å². The Morgan fingerprint density at radius 2 is 2.25 bits per heavy atom. The third-order valence-corrected chi connectivity index (χ3v) is 5.06. The van der Waals surface area contributed by atoms with E-state index in [1.165, 1.54) is 6.20 Å². The van der Waals surface area contributed by atoms with Crippen LogP contribution in [0.3, 0.4) is 0 Å². The summed E-state index contributed by atoms with van der Waals surface area (Å²) >= 11 is 0. The van der Waals surface area contributed by atoms with Gasteiger partial charge in [0.25, 0.3) is 0 Å². The van der Waals surface area contributed by atoms with E-state index in [0.29, 0.717) is 18.8 Å². The molecule has 0 saturated carbocycles. The number of piperidine rings is 1. The van der Waals surface area contributed by atoms with Gasteiger partial charge in [0.1, 0.15) is 0 Å². The molecule has 1 fully saturated rings. The summed E-state index contributed by atoms with van der Waals surface area (Å²) in [7, 11) is -1.76. The van der Waals surface area contributed by atoms with Crippen LogP contribution in [0.2, 0.25) is 0 Å². The molecular formula is C12H23N5O2S. The molecule has 1 aliphatic rings. The summed E-state index contributed by atoms with van der Waals surface area (Å²) in [6, 6.07) is 0.0258. The molecule has 0 aromatic carbocycles. The summed E-state index contributed by atoms with van der Waals surface area (Å²) in [6.45, 7) is 4.14. The Morgan fingerprint density at radius 3 is 2.90 bits per heavy atom. The molecule has 1 aliphatic heterocycles. The van der Waals surface area contributed by atoms with Crippen molar-refractivity contribution in [3.05, 3.63) is 12.4 Å². The van der Waals surface area contributed by atoms with E-state index in [0.717, 1.165) is 25.8 Å². The Balaban J connectivity index is 2.08. The van der Waals surface area contributed by atoms with E-state index in [9.17, 15) is 8.42 Å². The fraction of sp³-hybridized carbons (Fsp3) is 0.750. The maximum atomic E-state index is 12.5. The zero-order valence-corrected chi connectivity index (χ0v) is 12.9. The monoisotopic (exact) mass is 301 g/mol. The second-order valence-electron chi connectivity index (χ2n) is 5.08. The van der Waals surface area contributed by atoms with Crippen molar-refractivity contribution in [1.29, 1.82) is 0 Å². The lowest BCUT2D eigenvalue weighted by molar-refractivity contribution is 0.248. The number of likely N-dealkylation sites (N-methyl/N-ethyl adjacent to an activating group) is 1. The molecule has 20 heavy (non-hydrogen) atoms. The number of hydrogen-bond donors (Lipinski definition) is 2. The topological polar surface area (TPSA) is 79.3 Å². The summed E-state index contributed by atoms with van der Waals surface area (Å²) in [5, 5.41) is 7.21. The number of nitrogens with zero attached hydrogens (tertiary/aromatic N) is 3. The predicted molar refractivity (Wildman–Crippen MR) is 78.6 cm³/mol. The van der Waals surface area contributed by atoms with Crippen molar-refractivity contribution in [2.45, 2.75) is 32.2 Å². The number of aryl methyl sites for hydroxylation is 1.